The van der Waals surface area contributed by atoms with Crippen molar-refractivity contribution in [3.8, 4) is 0 Å². The Labute approximate surface area is 64.8 Å². The van der Waals surface area contributed by atoms with Crippen LogP contribution in [0.4, 0.5) is 0 Å². The second-order valence-corrected chi connectivity index (χ2v) is 4.71. The standard InChI is InChI=1S/C4H10NO3PS/c1-3-4(6)5-9(7,10)8-2/h3H2,1-2H3,(H2,5,6,7,10). The van der Waals surface area contributed by atoms with E-state index in [9.17, 15) is 4.79 Å². The van der Waals surface area contributed by atoms with Gasteiger partial charge in [0.15, 0.2) is 0 Å². The van der Waals surface area contributed by atoms with Gasteiger partial charge in [-0.15, -0.1) is 0 Å². The van der Waals surface area contributed by atoms with E-state index in [4.69, 9.17) is 4.89 Å². The first-order chi connectivity index (χ1) is 4.52. The summed E-state index contributed by atoms with van der Waals surface area (Å²) >= 11 is 4.50. The van der Waals surface area contributed by atoms with Gasteiger partial charge < -0.3 is 9.42 Å². The highest BCUT2D eigenvalue weighted by Crippen LogP contribution is 2.35. The van der Waals surface area contributed by atoms with Gasteiger partial charge in [0.05, 0.1) is 0 Å². The largest absolute Gasteiger partial charge is 0.329 e. The van der Waals surface area contributed by atoms with Crippen LogP contribution in [0.1, 0.15) is 13.3 Å². The summed E-state index contributed by atoms with van der Waals surface area (Å²) < 4.78 is 4.46. The molecule has 0 aromatic heterocycles. The molecule has 6 heteroatoms. The van der Waals surface area contributed by atoms with Gasteiger partial charge in [0.2, 0.25) is 5.91 Å². The number of carbonyl (C=O) groups excluding carboxylic acids is 1. The van der Waals surface area contributed by atoms with E-state index in [1.54, 1.807) is 6.92 Å². The van der Waals surface area contributed by atoms with Crippen LogP contribution in [0.3, 0.4) is 0 Å². The third-order valence-electron chi connectivity index (χ3n) is 0.835. The van der Waals surface area contributed by atoms with Crippen molar-refractivity contribution >= 4 is 24.4 Å². The first kappa shape index (κ1) is 10.0. The summed E-state index contributed by atoms with van der Waals surface area (Å²) in [6.45, 7) is -1.35. The molecule has 0 spiro atoms. The maximum Gasteiger partial charge on any atom is 0.286 e. The molecule has 0 aromatic carbocycles. The normalized spacial score (nSPS) is 15.9. The van der Waals surface area contributed by atoms with Crippen molar-refractivity contribution < 1.29 is 14.2 Å². The van der Waals surface area contributed by atoms with Crippen molar-refractivity contribution in [2.45, 2.75) is 13.3 Å². The lowest BCUT2D eigenvalue weighted by molar-refractivity contribution is -0.119. The molecule has 0 fully saturated rings. The Morgan fingerprint density at radius 3 is 2.70 bits per heavy atom. The third kappa shape index (κ3) is 3.95. The fourth-order valence-electron chi connectivity index (χ4n) is 0.282. The van der Waals surface area contributed by atoms with Crippen molar-refractivity contribution in [1.82, 2.24) is 5.09 Å². The number of carbonyl (C=O) groups is 1. The Kier molecular flexibility index (Phi) is 4.05. The number of nitrogens with one attached hydrogen (secondary N) is 1. The Hall–Kier alpha value is 0.0400. The van der Waals surface area contributed by atoms with Crippen molar-refractivity contribution in [2.24, 2.45) is 0 Å². The van der Waals surface area contributed by atoms with Gasteiger partial charge in [0.1, 0.15) is 0 Å². The SMILES string of the molecule is CCC(=O)NP(O)(=S)OC. The number of amides is 1. The summed E-state index contributed by atoms with van der Waals surface area (Å²) in [5.74, 6) is -0.298. The minimum absolute atomic E-state index is 0.294. The molecule has 10 heavy (non-hydrogen) atoms. The second-order valence-electron chi connectivity index (χ2n) is 1.59. The molecule has 0 saturated heterocycles. The molecule has 0 aliphatic carbocycles. The predicted molar refractivity (Wildman–Crippen MR) is 41.9 cm³/mol. The van der Waals surface area contributed by atoms with Crippen LogP contribution in [0.5, 0.6) is 0 Å². The molecule has 0 radical (unpaired) electrons. The summed E-state index contributed by atoms with van der Waals surface area (Å²) in [5.41, 5.74) is 0. The van der Waals surface area contributed by atoms with Gasteiger partial charge in [-0.05, 0) is 11.8 Å². The van der Waals surface area contributed by atoms with E-state index in [0.717, 1.165) is 0 Å². The molecule has 0 rings (SSSR count). The van der Waals surface area contributed by atoms with E-state index in [1.165, 1.54) is 7.11 Å². The van der Waals surface area contributed by atoms with Gasteiger partial charge in [-0.25, -0.2) is 0 Å². The number of hydrogen-bond acceptors (Lipinski definition) is 3. The fraction of sp³-hybridized carbons (Fsp3) is 0.750. The molecule has 0 aliphatic heterocycles. The Bertz CT molecular complexity index is 172. The summed E-state index contributed by atoms with van der Waals surface area (Å²) in [6.07, 6.45) is 0.294. The number of rotatable bonds is 3. The molecule has 4 nitrogen and oxygen atoms in total. The zero-order chi connectivity index (χ0) is 8.20. The minimum atomic E-state index is -3.01. The first-order valence-electron chi connectivity index (χ1n) is 2.71. The van der Waals surface area contributed by atoms with Crippen LogP contribution >= 0.6 is 6.64 Å². The molecule has 0 heterocycles. The average molecular weight is 183 g/mol. The van der Waals surface area contributed by atoms with Gasteiger partial charge in [0, 0.05) is 13.5 Å². The molecule has 0 aromatic rings. The quantitative estimate of drug-likeness (QED) is 0.621. The Morgan fingerprint density at radius 1 is 1.90 bits per heavy atom. The Morgan fingerprint density at radius 2 is 2.40 bits per heavy atom. The molecular weight excluding hydrogens is 173 g/mol. The zero-order valence-corrected chi connectivity index (χ0v) is 7.54. The smallest absolute Gasteiger partial charge is 0.286 e. The van der Waals surface area contributed by atoms with Gasteiger partial charge >= 0.3 is 0 Å². The minimum Gasteiger partial charge on any atom is -0.329 e. The van der Waals surface area contributed by atoms with E-state index in [1.807, 2.05) is 0 Å². The maximum absolute atomic E-state index is 10.6. The topological polar surface area (TPSA) is 58.6 Å². The van der Waals surface area contributed by atoms with E-state index in [0.29, 0.717) is 6.42 Å². The predicted octanol–water partition coefficient (Wildman–Crippen LogP) is 0.376. The summed E-state index contributed by atoms with van der Waals surface area (Å²) in [7, 11) is 1.26. The molecule has 1 unspecified atom stereocenters. The van der Waals surface area contributed by atoms with E-state index in [-0.39, 0.29) is 5.91 Å². The highest BCUT2D eigenvalue weighted by molar-refractivity contribution is 8.08. The van der Waals surface area contributed by atoms with Gasteiger partial charge in [-0.2, -0.15) is 0 Å². The highest BCUT2D eigenvalue weighted by atomic mass is 32.5. The van der Waals surface area contributed by atoms with Crippen LogP contribution in [-0.4, -0.2) is 17.9 Å². The van der Waals surface area contributed by atoms with Crippen LogP contribution in [0.15, 0.2) is 0 Å². The summed E-state index contributed by atoms with van der Waals surface area (Å²) in [5, 5.41) is 2.18. The molecule has 1 amide bonds. The van der Waals surface area contributed by atoms with Crippen molar-refractivity contribution in [3.63, 3.8) is 0 Å². The van der Waals surface area contributed by atoms with Crippen LogP contribution in [-0.2, 0) is 21.1 Å². The lowest BCUT2D eigenvalue weighted by atomic mass is 10.5. The van der Waals surface area contributed by atoms with E-state index in [2.05, 4.69) is 21.4 Å². The van der Waals surface area contributed by atoms with E-state index < -0.39 is 6.64 Å². The van der Waals surface area contributed by atoms with Crippen LogP contribution in [0, 0.1) is 0 Å². The van der Waals surface area contributed by atoms with Crippen LogP contribution < -0.4 is 5.09 Å². The fourth-order valence-corrected chi connectivity index (χ4v) is 1.15. The Balaban J connectivity index is 3.89. The third-order valence-corrected chi connectivity index (χ3v) is 2.58. The highest BCUT2D eigenvalue weighted by Gasteiger charge is 2.12. The molecule has 60 valence electrons. The zero-order valence-electron chi connectivity index (χ0n) is 5.83. The molecule has 0 aliphatic rings. The van der Waals surface area contributed by atoms with Crippen molar-refractivity contribution in [1.29, 1.82) is 0 Å². The molecular formula is C4H10NO3PS. The van der Waals surface area contributed by atoms with Gasteiger partial charge in [0.25, 0.3) is 6.64 Å². The van der Waals surface area contributed by atoms with Gasteiger partial charge in [-0.1, -0.05) is 6.92 Å². The van der Waals surface area contributed by atoms with E-state index >= 15 is 0 Å². The van der Waals surface area contributed by atoms with Crippen LogP contribution in [0.2, 0.25) is 0 Å². The summed E-state index contributed by atoms with van der Waals surface area (Å²) in [6, 6.07) is 0. The monoisotopic (exact) mass is 183 g/mol. The molecule has 0 bridgehead atoms. The van der Waals surface area contributed by atoms with Crippen molar-refractivity contribution in [2.75, 3.05) is 7.11 Å². The molecule has 2 N–H and O–H groups in total. The maximum atomic E-state index is 10.6. The second kappa shape index (κ2) is 4.03. The molecule has 1 atom stereocenters. The van der Waals surface area contributed by atoms with Crippen LogP contribution in [0.25, 0.3) is 0 Å². The lowest BCUT2D eigenvalue weighted by Gasteiger charge is -2.12. The molecule has 0 saturated carbocycles. The lowest BCUT2D eigenvalue weighted by Crippen LogP contribution is -2.19. The van der Waals surface area contributed by atoms with Crippen molar-refractivity contribution in [3.05, 3.63) is 0 Å². The first-order valence-corrected chi connectivity index (χ1v) is 5.38. The average Bonchev–Trinajstić information content (AvgIpc) is 1.87. The van der Waals surface area contributed by atoms with Gasteiger partial charge in [-0.3, -0.25) is 9.88 Å². The number of hydrogen-bond donors (Lipinski definition) is 2. The summed E-state index contributed by atoms with van der Waals surface area (Å²) in [4.78, 5) is 19.6.